The first-order valence-electron chi connectivity index (χ1n) is 9.09. The number of halogens is 1. The minimum atomic E-state index is -0.334. The van der Waals surface area contributed by atoms with Crippen LogP contribution in [0, 0.1) is 5.82 Å². The number of nitrogens with zero attached hydrogens (tertiary/aromatic N) is 5. The number of rotatable bonds is 3. The second kappa shape index (κ2) is 6.23. The van der Waals surface area contributed by atoms with Gasteiger partial charge in [-0.1, -0.05) is 19.1 Å². The molecule has 0 N–H and O–H groups in total. The molecule has 0 aliphatic carbocycles. The molecule has 0 bridgehead atoms. The van der Waals surface area contributed by atoms with Gasteiger partial charge >= 0.3 is 0 Å². The number of benzene rings is 2. The molecule has 0 amide bonds. The van der Waals surface area contributed by atoms with Crippen LogP contribution in [0.4, 0.5) is 4.39 Å². The molecule has 5 aromatic rings. The van der Waals surface area contributed by atoms with Crippen molar-refractivity contribution in [3.05, 3.63) is 71.0 Å². The third-order valence-corrected chi connectivity index (χ3v) is 4.78. The molecule has 0 saturated carbocycles. The van der Waals surface area contributed by atoms with Gasteiger partial charge in [0.05, 0.1) is 17.4 Å². The molecule has 3 aromatic heterocycles. The fourth-order valence-corrected chi connectivity index (χ4v) is 3.51. The van der Waals surface area contributed by atoms with Gasteiger partial charge in [-0.15, -0.1) is 0 Å². The van der Waals surface area contributed by atoms with Gasteiger partial charge in [-0.2, -0.15) is 0 Å². The molecule has 0 aliphatic rings. The summed E-state index contributed by atoms with van der Waals surface area (Å²) < 4.78 is 16.8. The molecule has 0 aliphatic heterocycles. The van der Waals surface area contributed by atoms with Crippen molar-refractivity contribution in [1.82, 2.24) is 24.1 Å². The van der Waals surface area contributed by atoms with E-state index in [0.717, 1.165) is 11.9 Å². The van der Waals surface area contributed by atoms with Gasteiger partial charge in [0.2, 0.25) is 0 Å². The van der Waals surface area contributed by atoms with E-state index in [4.69, 9.17) is 9.97 Å². The molecule has 6 nitrogen and oxygen atoms in total. The van der Waals surface area contributed by atoms with Crippen LogP contribution in [-0.4, -0.2) is 24.1 Å². The van der Waals surface area contributed by atoms with Crippen LogP contribution in [0.2, 0.25) is 0 Å². The number of hydrogen-bond acceptors (Lipinski definition) is 4. The summed E-state index contributed by atoms with van der Waals surface area (Å²) >= 11 is 0. The first-order valence-corrected chi connectivity index (χ1v) is 9.09. The molecule has 2 aromatic carbocycles. The van der Waals surface area contributed by atoms with Crippen LogP contribution in [0.3, 0.4) is 0 Å². The smallest absolute Gasteiger partial charge is 0.265 e. The lowest BCUT2D eigenvalue weighted by Crippen LogP contribution is -2.20. The van der Waals surface area contributed by atoms with E-state index in [9.17, 15) is 9.18 Å². The molecular weight excluding hydrogens is 357 g/mol. The lowest BCUT2D eigenvalue weighted by atomic mass is 10.3. The monoisotopic (exact) mass is 373 g/mol. The summed E-state index contributed by atoms with van der Waals surface area (Å²) in [7, 11) is 0. The predicted molar refractivity (Wildman–Crippen MR) is 106 cm³/mol. The van der Waals surface area contributed by atoms with Gasteiger partial charge in [0, 0.05) is 12.2 Å². The zero-order valence-corrected chi connectivity index (χ0v) is 15.1. The third-order valence-electron chi connectivity index (χ3n) is 4.78. The fourth-order valence-electron chi connectivity index (χ4n) is 3.51. The zero-order chi connectivity index (χ0) is 19.3. The lowest BCUT2D eigenvalue weighted by Gasteiger charge is -2.07. The lowest BCUT2D eigenvalue weighted by molar-refractivity contribution is 0.627. The Morgan fingerprint density at radius 2 is 1.68 bits per heavy atom. The van der Waals surface area contributed by atoms with E-state index in [1.165, 1.54) is 12.1 Å². The highest BCUT2D eigenvalue weighted by Crippen LogP contribution is 2.28. The van der Waals surface area contributed by atoms with Gasteiger partial charge in [-0.05, 0) is 42.8 Å². The van der Waals surface area contributed by atoms with Crippen LogP contribution in [0.15, 0.2) is 59.7 Å². The van der Waals surface area contributed by atoms with E-state index in [1.54, 1.807) is 27.6 Å². The summed E-state index contributed by atoms with van der Waals surface area (Å²) in [5.41, 5.74) is 3.44. The molecule has 0 saturated heterocycles. The molecule has 28 heavy (non-hydrogen) atoms. The van der Waals surface area contributed by atoms with E-state index in [2.05, 4.69) is 4.98 Å². The highest BCUT2D eigenvalue weighted by molar-refractivity contribution is 6.05. The molecule has 0 spiro atoms. The Bertz CT molecular complexity index is 1400. The summed E-state index contributed by atoms with van der Waals surface area (Å²) in [6, 6.07) is 13.5. The van der Waals surface area contributed by atoms with Crippen LogP contribution < -0.4 is 5.56 Å². The van der Waals surface area contributed by atoms with Crippen molar-refractivity contribution in [2.45, 2.75) is 19.9 Å². The number of fused-ring (bicyclic) bond motifs is 4. The van der Waals surface area contributed by atoms with Crippen molar-refractivity contribution in [2.24, 2.45) is 0 Å². The van der Waals surface area contributed by atoms with Crippen LogP contribution >= 0.6 is 0 Å². The maximum absolute atomic E-state index is 13.5. The van der Waals surface area contributed by atoms with Crippen LogP contribution in [-0.2, 0) is 6.54 Å². The number of hydrogen-bond donors (Lipinski definition) is 0. The van der Waals surface area contributed by atoms with E-state index in [0.29, 0.717) is 39.9 Å². The summed E-state index contributed by atoms with van der Waals surface area (Å²) in [5, 5.41) is 0.425. The van der Waals surface area contributed by atoms with Gasteiger partial charge in [0.25, 0.3) is 5.56 Å². The molecule has 0 atom stereocenters. The largest absolute Gasteiger partial charge is 0.299 e. The summed E-state index contributed by atoms with van der Waals surface area (Å²) in [5.74, 6) is -0.334. The SMILES string of the molecule is CCCn1cnc2c(c1=O)c1nc3ccccc3nc1n2-c1ccc(F)cc1. The Morgan fingerprint density at radius 1 is 0.964 bits per heavy atom. The average molecular weight is 373 g/mol. The number of para-hydroxylation sites is 2. The normalized spacial score (nSPS) is 11.6. The maximum Gasteiger partial charge on any atom is 0.265 e. The fraction of sp³-hybridized carbons (Fsp3) is 0.143. The Morgan fingerprint density at radius 3 is 2.39 bits per heavy atom. The highest BCUT2D eigenvalue weighted by Gasteiger charge is 2.20. The maximum atomic E-state index is 13.5. The Hall–Kier alpha value is -3.61. The molecule has 0 unspecified atom stereocenters. The Labute approximate surface area is 158 Å². The molecular formula is C21H16FN5O. The van der Waals surface area contributed by atoms with Gasteiger partial charge in [0.15, 0.2) is 11.3 Å². The van der Waals surface area contributed by atoms with Crippen molar-refractivity contribution in [2.75, 3.05) is 0 Å². The summed E-state index contributed by atoms with van der Waals surface area (Å²) in [4.78, 5) is 27.2. The Kier molecular flexibility index (Phi) is 3.68. The van der Waals surface area contributed by atoms with E-state index >= 15 is 0 Å². The predicted octanol–water partition coefficient (Wildman–Crippen LogP) is 3.83. The van der Waals surface area contributed by atoms with Crippen molar-refractivity contribution in [1.29, 1.82) is 0 Å². The van der Waals surface area contributed by atoms with E-state index < -0.39 is 0 Å². The number of aromatic nitrogens is 5. The highest BCUT2D eigenvalue weighted by atomic mass is 19.1. The molecule has 5 rings (SSSR count). The Balaban J connectivity index is 1.98. The van der Waals surface area contributed by atoms with Gasteiger partial charge in [-0.25, -0.2) is 19.3 Å². The number of aryl methyl sites for hydroxylation is 1. The van der Waals surface area contributed by atoms with Crippen LogP contribution in [0.25, 0.3) is 38.9 Å². The summed E-state index contributed by atoms with van der Waals surface area (Å²) in [6.07, 6.45) is 2.37. The van der Waals surface area contributed by atoms with Crippen molar-refractivity contribution >= 4 is 33.2 Å². The molecule has 7 heteroatoms. The molecule has 0 fully saturated rings. The zero-order valence-electron chi connectivity index (χ0n) is 15.1. The van der Waals surface area contributed by atoms with Crippen LogP contribution in [0.1, 0.15) is 13.3 Å². The topological polar surface area (TPSA) is 65.6 Å². The summed E-state index contributed by atoms with van der Waals surface area (Å²) in [6.45, 7) is 2.58. The van der Waals surface area contributed by atoms with E-state index in [-0.39, 0.29) is 11.4 Å². The van der Waals surface area contributed by atoms with E-state index in [1.807, 2.05) is 31.2 Å². The third kappa shape index (κ3) is 2.40. The molecule has 138 valence electrons. The van der Waals surface area contributed by atoms with Crippen LogP contribution in [0.5, 0.6) is 0 Å². The van der Waals surface area contributed by atoms with Gasteiger partial charge < -0.3 is 0 Å². The second-order valence-electron chi connectivity index (χ2n) is 6.64. The first-order chi connectivity index (χ1) is 13.7. The van der Waals surface area contributed by atoms with Gasteiger partial charge in [0.1, 0.15) is 16.7 Å². The minimum Gasteiger partial charge on any atom is -0.299 e. The van der Waals surface area contributed by atoms with Crippen molar-refractivity contribution in [3.8, 4) is 5.69 Å². The van der Waals surface area contributed by atoms with Crippen molar-refractivity contribution in [3.63, 3.8) is 0 Å². The quantitative estimate of drug-likeness (QED) is 0.482. The van der Waals surface area contributed by atoms with Gasteiger partial charge in [-0.3, -0.25) is 13.9 Å². The standard InChI is InChI=1S/C21H16FN5O/c1-2-11-26-12-23-19-17(21(26)28)18-20(25-16-6-4-3-5-15(16)24-18)27(19)14-9-7-13(22)8-10-14/h3-10,12H,2,11H2,1H3. The average Bonchev–Trinajstić information content (AvgIpc) is 3.03. The minimum absolute atomic E-state index is 0.151. The first kappa shape index (κ1) is 16.6. The molecule has 3 heterocycles. The molecule has 0 radical (unpaired) electrons. The second-order valence-corrected chi connectivity index (χ2v) is 6.64. The van der Waals surface area contributed by atoms with Crippen molar-refractivity contribution < 1.29 is 4.39 Å².